The van der Waals surface area contributed by atoms with Crippen LogP contribution in [0.25, 0.3) is 6.08 Å². The third kappa shape index (κ3) is 3.55. The van der Waals surface area contributed by atoms with E-state index >= 15 is 0 Å². The zero-order chi connectivity index (χ0) is 14.4. The number of para-hydroxylation sites is 1. The molecule has 2 rings (SSSR count). The lowest BCUT2D eigenvalue weighted by Gasteiger charge is -2.04. The Morgan fingerprint density at radius 3 is 2.30 bits per heavy atom. The van der Waals surface area contributed by atoms with E-state index in [2.05, 4.69) is 0 Å². The maximum Gasteiger partial charge on any atom is 0.339 e. The van der Waals surface area contributed by atoms with Crippen molar-refractivity contribution in [3.8, 4) is 5.75 Å². The number of benzene rings is 2. The molecule has 0 radical (unpaired) electrons. The van der Waals surface area contributed by atoms with Gasteiger partial charge in [-0.3, -0.25) is 0 Å². The second kappa shape index (κ2) is 6.33. The highest BCUT2D eigenvalue weighted by atomic mass is 16.5. The van der Waals surface area contributed by atoms with E-state index in [1.54, 1.807) is 18.2 Å². The summed E-state index contributed by atoms with van der Waals surface area (Å²) in [6.45, 7) is 0. The van der Waals surface area contributed by atoms with E-state index in [4.69, 9.17) is 9.84 Å². The number of esters is 1. The SMILES string of the molecule is O=C(C=Cc1ccccc1)Oc1ccccc1C(=O)O. The summed E-state index contributed by atoms with van der Waals surface area (Å²) in [5.74, 6) is -1.73. The maximum atomic E-state index is 11.7. The molecule has 0 aliphatic rings. The molecule has 1 N–H and O–H groups in total. The lowest BCUT2D eigenvalue weighted by atomic mass is 10.2. The summed E-state index contributed by atoms with van der Waals surface area (Å²) >= 11 is 0. The zero-order valence-corrected chi connectivity index (χ0v) is 10.5. The number of rotatable bonds is 4. The molecule has 0 spiro atoms. The number of carbonyl (C=O) groups is 2. The van der Waals surface area contributed by atoms with Crippen LogP contribution in [0.3, 0.4) is 0 Å². The Kier molecular flexibility index (Phi) is 4.29. The predicted octanol–water partition coefficient (Wildman–Crippen LogP) is 3.00. The zero-order valence-electron chi connectivity index (χ0n) is 10.5. The summed E-state index contributed by atoms with van der Waals surface area (Å²) in [6, 6.07) is 15.3. The molecule has 0 amide bonds. The number of ether oxygens (including phenoxy) is 1. The van der Waals surface area contributed by atoms with E-state index in [-0.39, 0.29) is 11.3 Å². The Bertz CT molecular complexity index is 645. The second-order valence-electron chi connectivity index (χ2n) is 3.97. The van der Waals surface area contributed by atoms with Crippen LogP contribution in [0.2, 0.25) is 0 Å². The number of carboxylic acids is 1. The standard InChI is InChI=1S/C16H12O4/c17-15(11-10-12-6-2-1-3-7-12)20-14-9-5-4-8-13(14)16(18)19/h1-11H,(H,18,19). The molecular formula is C16H12O4. The van der Waals surface area contributed by atoms with Gasteiger partial charge in [-0.25, -0.2) is 9.59 Å². The lowest BCUT2D eigenvalue weighted by Crippen LogP contribution is -2.08. The quantitative estimate of drug-likeness (QED) is 0.526. The van der Waals surface area contributed by atoms with Crippen molar-refractivity contribution in [1.29, 1.82) is 0 Å². The number of carbonyl (C=O) groups excluding carboxylic acids is 1. The molecule has 2 aromatic carbocycles. The predicted molar refractivity (Wildman–Crippen MR) is 74.5 cm³/mol. The maximum absolute atomic E-state index is 11.7. The minimum atomic E-state index is -1.14. The molecule has 0 fully saturated rings. The first-order valence-corrected chi connectivity index (χ1v) is 5.94. The van der Waals surface area contributed by atoms with Gasteiger partial charge in [0.2, 0.25) is 0 Å². The van der Waals surface area contributed by atoms with Crippen LogP contribution in [-0.2, 0) is 4.79 Å². The average Bonchev–Trinajstić information content (AvgIpc) is 2.46. The van der Waals surface area contributed by atoms with Gasteiger partial charge in [-0.1, -0.05) is 42.5 Å². The Morgan fingerprint density at radius 1 is 0.950 bits per heavy atom. The number of hydrogen-bond acceptors (Lipinski definition) is 3. The molecule has 100 valence electrons. The summed E-state index contributed by atoms with van der Waals surface area (Å²) < 4.78 is 5.02. The molecule has 4 nitrogen and oxygen atoms in total. The van der Waals surface area contributed by atoms with Crippen LogP contribution in [0.4, 0.5) is 0 Å². The Labute approximate surface area is 115 Å². The molecule has 0 saturated carbocycles. The van der Waals surface area contributed by atoms with E-state index in [1.807, 2.05) is 30.3 Å². The second-order valence-corrected chi connectivity index (χ2v) is 3.97. The van der Waals surface area contributed by atoms with Gasteiger partial charge < -0.3 is 9.84 Å². The van der Waals surface area contributed by atoms with Crippen molar-refractivity contribution in [3.63, 3.8) is 0 Å². The summed E-state index contributed by atoms with van der Waals surface area (Å²) in [6.07, 6.45) is 2.86. The van der Waals surface area contributed by atoms with Gasteiger partial charge in [0.15, 0.2) is 0 Å². The molecule has 4 heteroatoms. The first-order chi connectivity index (χ1) is 9.66. The van der Waals surface area contributed by atoms with Crippen molar-refractivity contribution in [2.24, 2.45) is 0 Å². The molecule has 0 saturated heterocycles. The van der Waals surface area contributed by atoms with Crippen molar-refractivity contribution in [3.05, 3.63) is 71.8 Å². The molecule has 0 heterocycles. The van der Waals surface area contributed by atoms with Gasteiger partial charge in [-0.05, 0) is 23.8 Å². The van der Waals surface area contributed by atoms with Crippen LogP contribution in [0.5, 0.6) is 5.75 Å². The molecule has 0 aliphatic heterocycles. The Balaban J connectivity index is 2.09. The Morgan fingerprint density at radius 2 is 1.60 bits per heavy atom. The molecule has 0 unspecified atom stereocenters. The van der Waals surface area contributed by atoms with Gasteiger partial charge in [0, 0.05) is 6.08 Å². The third-order valence-corrected chi connectivity index (χ3v) is 2.54. The van der Waals surface area contributed by atoms with Crippen LogP contribution in [0, 0.1) is 0 Å². The van der Waals surface area contributed by atoms with E-state index in [9.17, 15) is 9.59 Å². The van der Waals surface area contributed by atoms with Gasteiger partial charge in [0.05, 0.1) is 0 Å². The van der Waals surface area contributed by atoms with Crippen LogP contribution >= 0.6 is 0 Å². The normalized spacial score (nSPS) is 10.4. The highest BCUT2D eigenvalue weighted by Crippen LogP contribution is 2.18. The smallest absolute Gasteiger partial charge is 0.339 e. The number of aromatic carboxylic acids is 1. The molecule has 20 heavy (non-hydrogen) atoms. The number of carboxylic acid groups (broad SMARTS) is 1. The minimum absolute atomic E-state index is 0.0303. The summed E-state index contributed by atoms with van der Waals surface area (Å²) in [5, 5.41) is 8.98. The summed E-state index contributed by atoms with van der Waals surface area (Å²) in [7, 11) is 0. The highest BCUT2D eigenvalue weighted by molar-refractivity contribution is 5.94. The minimum Gasteiger partial charge on any atom is -0.478 e. The molecular weight excluding hydrogens is 256 g/mol. The topological polar surface area (TPSA) is 63.6 Å². The largest absolute Gasteiger partial charge is 0.478 e. The Hall–Kier alpha value is -2.88. The van der Waals surface area contributed by atoms with Crippen molar-refractivity contribution in [2.45, 2.75) is 0 Å². The van der Waals surface area contributed by atoms with E-state index < -0.39 is 11.9 Å². The molecule has 0 aromatic heterocycles. The van der Waals surface area contributed by atoms with E-state index in [0.29, 0.717) is 0 Å². The van der Waals surface area contributed by atoms with Crippen molar-refractivity contribution in [2.75, 3.05) is 0 Å². The molecule has 0 bridgehead atoms. The van der Waals surface area contributed by atoms with Crippen molar-refractivity contribution < 1.29 is 19.4 Å². The fourth-order valence-corrected chi connectivity index (χ4v) is 1.60. The van der Waals surface area contributed by atoms with Gasteiger partial charge >= 0.3 is 11.9 Å². The van der Waals surface area contributed by atoms with E-state index in [0.717, 1.165) is 5.56 Å². The summed E-state index contributed by atoms with van der Waals surface area (Å²) in [4.78, 5) is 22.6. The van der Waals surface area contributed by atoms with Crippen LogP contribution in [0.1, 0.15) is 15.9 Å². The van der Waals surface area contributed by atoms with Crippen molar-refractivity contribution in [1.82, 2.24) is 0 Å². The van der Waals surface area contributed by atoms with Gasteiger partial charge in [0.25, 0.3) is 0 Å². The fraction of sp³-hybridized carbons (Fsp3) is 0. The van der Waals surface area contributed by atoms with Crippen LogP contribution in [0.15, 0.2) is 60.7 Å². The summed E-state index contributed by atoms with van der Waals surface area (Å²) in [5.41, 5.74) is 0.810. The van der Waals surface area contributed by atoms with Crippen molar-refractivity contribution >= 4 is 18.0 Å². The van der Waals surface area contributed by atoms with Crippen LogP contribution < -0.4 is 4.74 Å². The highest BCUT2D eigenvalue weighted by Gasteiger charge is 2.12. The average molecular weight is 268 g/mol. The molecule has 0 aliphatic carbocycles. The first kappa shape index (κ1) is 13.5. The van der Waals surface area contributed by atoms with Gasteiger partial charge in [-0.2, -0.15) is 0 Å². The third-order valence-electron chi connectivity index (χ3n) is 2.54. The van der Waals surface area contributed by atoms with E-state index in [1.165, 1.54) is 18.2 Å². The number of hydrogen-bond donors (Lipinski definition) is 1. The monoisotopic (exact) mass is 268 g/mol. The van der Waals surface area contributed by atoms with Gasteiger partial charge in [0.1, 0.15) is 11.3 Å². The van der Waals surface area contributed by atoms with Gasteiger partial charge in [-0.15, -0.1) is 0 Å². The fourth-order valence-electron chi connectivity index (χ4n) is 1.60. The van der Waals surface area contributed by atoms with Crippen LogP contribution in [-0.4, -0.2) is 17.0 Å². The first-order valence-electron chi connectivity index (χ1n) is 5.94. The molecule has 0 atom stereocenters. The molecule has 2 aromatic rings. The lowest BCUT2D eigenvalue weighted by molar-refractivity contribution is -0.128.